The first-order valence-electron chi connectivity index (χ1n) is 7.48. The molecule has 122 valence electrons. The Morgan fingerprint density at radius 2 is 2.17 bits per heavy atom. The minimum absolute atomic E-state index is 0.0115. The molecular formula is C18H15BrN2O3. The minimum atomic E-state index is -0.638. The highest BCUT2D eigenvalue weighted by Crippen LogP contribution is 2.19. The third-order valence-corrected chi connectivity index (χ3v) is 4.31. The number of fused-ring (bicyclic) bond motifs is 1. The van der Waals surface area contributed by atoms with E-state index in [9.17, 15) is 9.59 Å². The van der Waals surface area contributed by atoms with Crippen LogP contribution in [-0.4, -0.2) is 15.6 Å². The van der Waals surface area contributed by atoms with Crippen molar-refractivity contribution in [2.45, 2.75) is 20.4 Å². The van der Waals surface area contributed by atoms with Gasteiger partial charge in [-0.2, -0.15) is 5.10 Å². The van der Waals surface area contributed by atoms with Crippen LogP contribution in [0.3, 0.4) is 0 Å². The molecule has 0 spiro atoms. The van der Waals surface area contributed by atoms with E-state index < -0.39 is 11.4 Å². The average Bonchev–Trinajstić information content (AvgIpc) is 2.92. The number of allylic oxidation sites excluding steroid dienone is 1. The standard InChI is InChI=1S/C18H15BrN2O3/c1-3-21-11(2)12(10-20-21)4-6-16(22)15-9-13-8-14(19)5-7-17(13)24-18(15)23/h4-10H,3H2,1-2H3/b6-4+. The summed E-state index contributed by atoms with van der Waals surface area (Å²) in [5, 5.41) is 4.91. The zero-order valence-corrected chi connectivity index (χ0v) is 14.8. The minimum Gasteiger partial charge on any atom is -0.422 e. The number of benzene rings is 1. The summed E-state index contributed by atoms with van der Waals surface area (Å²) in [6.07, 6.45) is 4.74. The molecule has 6 heteroatoms. The molecule has 0 radical (unpaired) electrons. The Morgan fingerprint density at radius 1 is 1.38 bits per heavy atom. The number of ketones is 1. The second-order valence-electron chi connectivity index (χ2n) is 5.33. The average molecular weight is 387 g/mol. The molecule has 0 fully saturated rings. The monoisotopic (exact) mass is 386 g/mol. The molecule has 0 amide bonds. The number of nitrogens with zero attached hydrogens (tertiary/aromatic N) is 2. The quantitative estimate of drug-likeness (QED) is 0.386. The third kappa shape index (κ3) is 3.10. The van der Waals surface area contributed by atoms with E-state index >= 15 is 0 Å². The first-order valence-corrected chi connectivity index (χ1v) is 8.27. The van der Waals surface area contributed by atoms with Crippen LogP contribution in [0.15, 0.2) is 50.2 Å². The maximum atomic E-state index is 12.4. The summed E-state index contributed by atoms with van der Waals surface area (Å²) in [4.78, 5) is 24.4. The van der Waals surface area contributed by atoms with Gasteiger partial charge in [-0.1, -0.05) is 15.9 Å². The summed E-state index contributed by atoms with van der Waals surface area (Å²) >= 11 is 3.36. The number of carbonyl (C=O) groups excluding carboxylic acids is 1. The summed E-state index contributed by atoms with van der Waals surface area (Å²) in [5.74, 6) is -0.394. The van der Waals surface area contributed by atoms with E-state index in [4.69, 9.17) is 4.42 Å². The molecule has 0 saturated carbocycles. The van der Waals surface area contributed by atoms with Crippen LogP contribution < -0.4 is 5.63 Å². The maximum Gasteiger partial charge on any atom is 0.347 e. The van der Waals surface area contributed by atoms with Gasteiger partial charge in [0.25, 0.3) is 0 Å². The van der Waals surface area contributed by atoms with Gasteiger partial charge in [0.15, 0.2) is 5.78 Å². The Bertz CT molecular complexity index is 1010. The molecule has 0 N–H and O–H groups in total. The van der Waals surface area contributed by atoms with Crippen molar-refractivity contribution in [1.29, 1.82) is 0 Å². The normalized spacial score (nSPS) is 11.5. The largest absolute Gasteiger partial charge is 0.422 e. The molecular weight excluding hydrogens is 372 g/mol. The molecule has 0 aliphatic carbocycles. The SMILES string of the molecule is CCn1ncc(/C=C/C(=O)c2cc3cc(Br)ccc3oc2=O)c1C. The van der Waals surface area contributed by atoms with Gasteiger partial charge in [0.1, 0.15) is 11.1 Å². The van der Waals surface area contributed by atoms with Crippen LogP contribution in [0.25, 0.3) is 17.0 Å². The number of hydrogen-bond acceptors (Lipinski definition) is 4. The number of halogens is 1. The molecule has 3 aromatic rings. The number of aromatic nitrogens is 2. The Labute approximate surface area is 146 Å². The fourth-order valence-corrected chi connectivity index (χ4v) is 2.84. The van der Waals surface area contributed by atoms with Gasteiger partial charge in [-0.15, -0.1) is 0 Å². The van der Waals surface area contributed by atoms with Gasteiger partial charge in [-0.25, -0.2) is 4.79 Å². The lowest BCUT2D eigenvalue weighted by Gasteiger charge is -2.00. The van der Waals surface area contributed by atoms with Crippen molar-refractivity contribution in [1.82, 2.24) is 9.78 Å². The molecule has 24 heavy (non-hydrogen) atoms. The summed E-state index contributed by atoms with van der Waals surface area (Å²) < 4.78 is 7.91. The van der Waals surface area contributed by atoms with Crippen molar-refractivity contribution in [3.8, 4) is 0 Å². The molecule has 0 atom stereocenters. The van der Waals surface area contributed by atoms with Gasteiger partial charge < -0.3 is 4.42 Å². The number of hydrogen-bond donors (Lipinski definition) is 0. The van der Waals surface area contributed by atoms with E-state index in [0.29, 0.717) is 11.0 Å². The highest BCUT2D eigenvalue weighted by molar-refractivity contribution is 9.10. The zero-order valence-electron chi connectivity index (χ0n) is 13.2. The fraction of sp³-hybridized carbons (Fsp3) is 0.167. The van der Waals surface area contributed by atoms with Crippen molar-refractivity contribution in [2.75, 3.05) is 0 Å². The summed E-state index contributed by atoms with van der Waals surface area (Å²) in [6, 6.07) is 6.82. The van der Waals surface area contributed by atoms with E-state index in [-0.39, 0.29) is 5.56 Å². The van der Waals surface area contributed by atoms with Crippen LogP contribution in [0.4, 0.5) is 0 Å². The molecule has 0 saturated heterocycles. The molecule has 2 aromatic heterocycles. The van der Waals surface area contributed by atoms with Crippen molar-refractivity contribution in [3.63, 3.8) is 0 Å². The molecule has 0 aliphatic rings. The summed E-state index contributed by atoms with van der Waals surface area (Å²) in [5.41, 5.74) is 1.63. The Hall–Kier alpha value is -2.47. The lowest BCUT2D eigenvalue weighted by molar-refractivity contribution is 0.104. The zero-order chi connectivity index (χ0) is 17.3. The number of rotatable bonds is 4. The number of carbonyl (C=O) groups is 1. The van der Waals surface area contributed by atoms with Gasteiger partial charge in [0.05, 0.1) is 6.20 Å². The highest BCUT2D eigenvalue weighted by atomic mass is 79.9. The highest BCUT2D eigenvalue weighted by Gasteiger charge is 2.12. The van der Waals surface area contributed by atoms with Gasteiger partial charge >= 0.3 is 5.63 Å². The molecule has 0 unspecified atom stereocenters. The van der Waals surface area contributed by atoms with E-state index in [1.807, 2.05) is 18.5 Å². The van der Waals surface area contributed by atoms with Gasteiger partial charge in [-0.3, -0.25) is 9.48 Å². The molecule has 1 aromatic carbocycles. The van der Waals surface area contributed by atoms with Crippen LogP contribution >= 0.6 is 15.9 Å². The second-order valence-corrected chi connectivity index (χ2v) is 6.24. The molecule has 5 nitrogen and oxygen atoms in total. The van der Waals surface area contributed by atoms with Gasteiger partial charge in [0.2, 0.25) is 0 Å². The van der Waals surface area contributed by atoms with Gasteiger partial charge in [-0.05, 0) is 50.3 Å². The van der Waals surface area contributed by atoms with Crippen LogP contribution in [0.2, 0.25) is 0 Å². The van der Waals surface area contributed by atoms with Crippen molar-refractivity contribution < 1.29 is 9.21 Å². The van der Waals surface area contributed by atoms with Crippen molar-refractivity contribution in [3.05, 3.63) is 68.3 Å². The first-order chi connectivity index (χ1) is 11.5. The number of aryl methyl sites for hydroxylation is 1. The Kier molecular flexibility index (Phi) is 4.49. The molecule has 0 aliphatic heterocycles. The lowest BCUT2D eigenvalue weighted by Crippen LogP contribution is -2.11. The first kappa shape index (κ1) is 16.4. The summed E-state index contributed by atoms with van der Waals surface area (Å²) in [7, 11) is 0. The second kappa shape index (κ2) is 6.57. The van der Waals surface area contributed by atoms with Crippen molar-refractivity contribution >= 4 is 38.8 Å². The summed E-state index contributed by atoms with van der Waals surface area (Å²) in [6.45, 7) is 4.69. The molecule has 3 rings (SSSR count). The third-order valence-electron chi connectivity index (χ3n) is 3.81. The van der Waals surface area contributed by atoms with Crippen LogP contribution in [0.1, 0.15) is 28.5 Å². The Balaban J connectivity index is 1.96. The van der Waals surface area contributed by atoms with Crippen LogP contribution in [0, 0.1) is 6.92 Å². The topological polar surface area (TPSA) is 65.1 Å². The maximum absolute atomic E-state index is 12.4. The molecule has 2 heterocycles. The van der Waals surface area contributed by atoms with Crippen molar-refractivity contribution in [2.24, 2.45) is 0 Å². The predicted molar refractivity (Wildman–Crippen MR) is 96.2 cm³/mol. The van der Waals surface area contributed by atoms with E-state index in [0.717, 1.165) is 22.3 Å². The lowest BCUT2D eigenvalue weighted by atomic mass is 10.1. The van der Waals surface area contributed by atoms with Crippen LogP contribution in [0.5, 0.6) is 0 Å². The molecule has 0 bridgehead atoms. The van der Waals surface area contributed by atoms with E-state index in [1.165, 1.54) is 6.08 Å². The Morgan fingerprint density at radius 3 is 2.88 bits per heavy atom. The van der Waals surface area contributed by atoms with Gasteiger partial charge in [0, 0.05) is 27.7 Å². The predicted octanol–water partition coefficient (Wildman–Crippen LogP) is 3.98. The van der Waals surface area contributed by atoms with E-state index in [1.54, 1.807) is 36.5 Å². The van der Waals surface area contributed by atoms with E-state index in [2.05, 4.69) is 21.0 Å². The smallest absolute Gasteiger partial charge is 0.347 e. The van der Waals surface area contributed by atoms with Crippen LogP contribution in [-0.2, 0) is 6.54 Å². The fourth-order valence-electron chi connectivity index (χ4n) is 2.46.